The maximum absolute atomic E-state index is 11.1. The van der Waals surface area contributed by atoms with Crippen molar-refractivity contribution in [1.29, 1.82) is 5.41 Å². The summed E-state index contributed by atoms with van der Waals surface area (Å²) >= 11 is 0. The molecule has 0 saturated carbocycles. The zero-order chi connectivity index (χ0) is 24.4. The summed E-state index contributed by atoms with van der Waals surface area (Å²) in [6.07, 6.45) is 6.45. The number of hydrogen-bond acceptors (Lipinski definition) is 7. The second-order valence-corrected chi connectivity index (χ2v) is 7.94. The van der Waals surface area contributed by atoms with E-state index < -0.39 is 20.8 Å². The molecule has 0 fully saturated rings. The molecular weight excluding hydrogens is 448 g/mol. The molecule has 0 unspecified atom stereocenters. The number of aromatic nitrogens is 1. The van der Waals surface area contributed by atoms with E-state index in [1.54, 1.807) is 83.6 Å². The molecule has 0 aliphatic heterocycles. The van der Waals surface area contributed by atoms with E-state index in [9.17, 15) is 23.1 Å². The van der Waals surface area contributed by atoms with Crippen LogP contribution >= 0.6 is 0 Å². The van der Waals surface area contributed by atoms with Crippen LogP contribution in [0.4, 0.5) is 5.69 Å². The molecule has 1 aromatic heterocycles. The number of guanidine groups is 1. The molecule has 2 aromatic carbocycles. The first-order valence-corrected chi connectivity index (χ1v) is 10.9. The third-order valence-electron chi connectivity index (χ3n) is 4.10. The predicted octanol–water partition coefficient (Wildman–Crippen LogP) is 1.98. The summed E-state index contributed by atoms with van der Waals surface area (Å²) in [6, 6.07) is 18.4. The maximum atomic E-state index is 11.1. The summed E-state index contributed by atoms with van der Waals surface area (Å²) in [4.78, 5) is 10.7. The van der Waals surface area contributed by atoms with Crippen LogP contribution in [-0.4, -0.2) is 39.3 Å². The summed E-state index contributed by atoms with van der Waals surface area (Å²) in [5.41, 5.74) is 6.94. The molecule has 5 N–H and O–H groups in total. The lowest BCUT2D eigenvalue weighted by molar-refractivity contribution is -0.417. The van der Waals surface area contributed by atoms with Gasteiger partial charge >= 0.3 is 5.96 Å². The SMILES string of the molecule is N=C(N)[N+](N)=CC=Cc1cccn1-c1ccccc1[N+](=O)[O-].O=S(=O)([O-])Cc1ccccc1. The van der Waals surface area contributed by atoms with Crippen LogP contribution in [0.1, 0.15) is 11.3 Å². The highest BCUT2D eigenvalue weighted by atomic mass is 32.2. The second kappa shape index (κ2) is 11.4. The van der Waals surface area contributed by atoms with Crippen LogP contribution in [-0.2, 0) is 15.9 Å². The minimum Gasteiger partial charge on any atom is -0.748 e. The van der Waals surface area contributed by atoms with Crippen molar-refractivity contribution in [3.63, 3.8) is 0 Å². The Morgan fingerprint density at radius 1 is 1.06 bits per heavy atom. The number of para-hydroxylation sites is 2. The van der Waals surface area contributed by atoms with Crippen LogP contribution in [0.25, 0.3) is 11.8 Å². The van der Waals surface area contributed by atoms with Crippen molar-refractivity contribution in [3.05, 3.63) is 100 Å². The van der Waals surface area contributed by atoms with Crippen molar-refractivity contribution >= 4 is 34.1 Å². The van der Waals surface area contributed by atoms with Gasteiger partial charge in [0.25, 0.3) is 5.69 Å². The Morgan fingerprint density at radius 2 is 1.70 bits per heavy atom. The number of benzene rings is 2. The normalized spacial score (nSPS) is 11.6. The summed E-state index contributed by atoms with van der Waals surface area (Å²) in [5.74, 6) is 4.73. The number of allylic oxidation sites excluding steroid dienone is 1. The number of nitrogens with two attached hydrogens (primary N) is 2. The number of hydrazine groups is 1. The van der Waals surface area contributed by atoms with E-state index in [-0.39, 0.29) is 11.6 Å². The average Bonchev–Trinajstić information content (AvgIpc) is 3.22. The van der Waals surface area contributed by atoms with Crippen molar-refractivity contribution in [1.82, 2.24) is 4.57 Å². The number of hydrogen-bond donors (Lipinski definition) is 3. The quantitative estimate of drug-likeness (QED) is 0.0935. The van der Waals surface area contributed by atoms with Crippen LogP contribution in [0, 0.1) is 15.5 Å². The highest BCUT2D eigenvalue weighted by molar-refractivity contribution is 7.84. The zero-order valence-corrected chi connectivity index (χ0v) is 18.1. The Hall–Kier alpha value is -4.29. The van der Waals surface area contributed by atoms with Gasteiger partial charge in [-0.05, 0) is 35.9 Å². The van der Waals surface area contributed by atoms with Gasteiger partial charge in [-0.15, -0.1) is 10.1 Å². The Morgan fingerprint density at radius 3 is 2.30 bits per heavy atom. The van der Waals surface area contributed by atoms with E-state index in [1.165, 1.54) is 12.3 Å². The molecule has 172 valence electrons. The van der Waals surface area contributed by atoms with Gasteiger partial charge in [0.1, 0.15) is 5.69 Å². The summed E-state index contributed by atoms with van der Waals surface area (Å²) < 4.78 is 33.4. The number of nitro benzene ring substituents is 1. The number of nitrogens with zero attached hydrogens (tertiary/aromatic N) is 3. The van der Waals surface area contributed by atoms with Crippen LogP contribution in [0.2, 0.25) is 0 Å². The van der Waals surface area contributed by atoms with Crippen molar-refractivity contribution in [2.75, 3.05) is 0 Å². The van der Waals surface area contributed by atoms with Crippen molar-refractivity contribution < 1.29 is 22.6 Å². The molecule has 33 heavy (non-hydrogen) atoms. The smallest absolute Gasteiger partial charge is 0.403 e. The second-order valence-electron chi connectivity index (χ2n) is 6.54. The minimum atomic E-state index is -4.13. The van der Waals surface area contributed by atoms with Gasteiger partial charge in [-0.25, -0.2) is 8.42 Å². The Kier molecular flexibility index (Phi) is 8.60. The third-order valence-corrected chi connectivity index (χ3v) is 4.78. The van der Waals surface area contributed by atoms with Crippen LogP contribution < -0.4 is 11.6 Å². The van der Waals surface area contributed by atoms with Crippen LogP contribution in [0.15, 0.2) is 79.0 Å². The van der Waals surface area contributed by atoms with Gasteiger partial charge in [-0.1, -0.05) is 42.5 Å². The van der Waals surface area contributed by atoms with E-state index in [0.717, 1.165) is 10.4 Å². The van der Waals surface area contributed by atoms with Gasteiger partial charge in [0, 0.05) is 18.0 Å². The molecule has 0 spiro atoms. The molecule has 0 radical (unpaired) electrons. The topological polar surface area (TPSA) is 184 Å². The predicted molar refractivity (Wildman–Crippen MR) is 124 cm³/mol. The number of hydrazone groups is 1. The molecule has 1 heterocycles. The average molecular weight is 471 g/mol. The van der Waals surface area contributed by atoms with Crippen molar-refractivity contribution in [3.8, 4) is 5.69 Å². The van der Waals surface area contributed by atoms with E-state index in [1.807, 2.05) is 0 Å². The first kappa shape index (κ1) is 25.0. The first-order chi connectivity index (χ1) is 15.6. The molecule has 0 aliphatic rings. The lowest BCUT2D eigenvalue weighted by Gasteiger charge is -2.06. The van der Waals surface area contributed by atoms with E-state index in [4.69, 9.17) is 17.0 Å². The van der Waals surface area contributed by atoms with Crippen LogP contribution in [0.3, 0.4) is 0 Å². The number of rotatable bonds is 6. The fourth-order valence-electron chi connectivity index (χ4n) is 2.66. The van der Waals surface area contributed by atoms with Crippen molar-refractivity contribution in [2.24, 2.45) is 11.6 Å². The van der Waals surface area contributed by atoms with E-state index in [2.05, 4.69) is 0 Å². The largest absolute Gasteiger partial charge is 0.748 e. The highest BCUT2D eigenvalue weighted by Crippen LogP contribution is 2.24. The molecule has 0 saturated heterocycles. The summed E-state index contributed by atoms with van der Waals surface area (Å²) in [6.45, 7) is 0. The molecule has 0 amide bonds. The number of nitro groups is 1. The van der Waals surface area contributed by atoms with Gasteiger partial charge in [-0.2, -0.15) is 0 Å². The minimum absolute atomic E-state index is 0.0153. The monoisotopic (exact) mass is 470 g/mol. The molecule has 12 heteroatoms. The van der Waals surface area contributed by atoms with Gasteiger partial charge in [0.15, 0.2) is 0 Å². The lowest BCUT2D eigenvalue weighted by Crippen LogP contribution is -2.33. The van der Waals surface area contributed by atoms with Gasteiger partial charge in [0.2, 0.25) is 0 Å². The molecule has 0 aliphatic carbocycles. The standard InChI is InChI=1S/C14H15N6O2.C7H8O3S/c15-14(16)19(17)10-4-6-11-5-3-9-18(11)12-7-1-2-8-13(12)20(21)22;8-11(9,10)6-7-4-2-1-3-5-7/h1-10H,17H2,(H3,15,16);1-5H,6H2,(H,8,9,10)/q+1;/p-1. The lowest BCUT2D eigenvalue weighted by atomic mass is 10.2. The molecule has 3 rings (SSSR count). The summed E-state index contributed by atoms with van der Waals surface area (Å²) in [5, 5.41) is 18.3. The Labute approximate surface area is 190 Å². The first-order valence-electron chi connectivity index (χ1n) is 9.36. The fourth-order valence-corrected chi connectivity index (χ4v) is 3.27. The maximum Gasteiger partial charge on any atom is 0.403 e. The van der Waals surface area contributed by atoms with Crippen LogP contribution in [0.5, 0.6) is 0 Å². The molecule has 11 nitrogen and oxygen atoms in total. The molecule has 0 bridgehead atoms. The molecular formula is C21H22N6O5S. The fraction of sp³-hybridized carbons (Fsp3) is 0.0476. The Bertz CT molecular complexity index is 1280. The number of nitrogens with one attached hydrogen (secondary N) is 1. The van der Waals surface area contributed by atoms with Crippen molar-refractivity contribution in [2.45, 2.75) is 5.75 Å². The summed E-state index contributed by atoms with van der Waals surface area (Å²) in [7, 11) is -4.13. The molecule has 0 atom stereocenters. The zero-order valence-electron chi connectivity index (χ0n) is 17.3. The van der Waals surface area contributed by atoms with Gasteiger partial charge in [0.05, 0.1) is 27.0 Å². The van der Waals surface area contributed by atoms with Gasteiger partial charge < -0.3 is 9.12 Å². The molecule has 3 aromatic rings. The van der Waals surface area contributed by atoms with E-state index >= 15 is 0 Å². The third kappa shape index (κ3) is 8.05. The Balaban J connectivity index is 0.000000294. The van der Waals surface area contributed by atoms with E-state index in [0.29, 0.717) is 11.3 Å². The van der Waals surface area contributed by atoms with Gasteiger partial charge in [-0.3, -0.25) is 21.7 Å². The highest BCUT2D eigenvalue weighted by Gasteiger charge is 2.14.